The molecule has 11 aliphatic rings. The molecule has 766 valence electrons. The summed E-state index contributed by atoms with van der Waals surface area (Å²) in [5.74, 6) is 1.46. The SMILES string of the molecule is Brc1cccnc1.CC(C)(C)OC(=O)N1CC(=O)C1.CC(C)(C)OC(=O)N1CC(O)(c2cccnc2)C1.CN1CC(O)(C2CCCN(c3ccc(N)nc3)C2)C1.CN1CC(O)(C2CCCN(c3ccc([N+](=O)[O-])nc3)C2)C1.CN1CC(O)(C2CCCNC2)C1.CN1CC(O)(c2cccnc2)C1.CN1CC(O)(c2cccnc2)C1.O=[N+]([O-])c1ccc(Br)cn1.OC1(c2cccnc2)CNC1.[Br-].[Mg+2].[c-]1cccnc1. The number of anilines is 3. The van der Waals surface area contributed by atoms with Gasteiger partial charge in [0.05, 0.1) is 65.0 Å². The second-order valence-electron chi connectivity index (χ2n) is 39.5. The van der Waals surface area contributed by atoms with Crippen molar-refractivity contribution in [2.24, 2.45) is 17.8 Å². The molecule has 2 amide bonds. The maximum atomic E-state index is 11.7. The van der Waals surface area contributed by atoms with E-state index in [0.717, 1.165) is 147 Å². The van der Waals surface area contributed by atoms with Crippen LogP contribution in [0, 0.1) is 44.0 Å². The second kappa shape index (κ2) is 54.0. The van der Waals surface area contributed by atoms with Gasteiger partial charge in [0.25, 0.3) is 0 Å². The van der Waals surface area contributed by atoms with E-state index in [1.807, 2.05) is 121 Å². The predicted octanol–water partition coefficient (Wildman–Crippen LogP) is 4.83. The molecule has 3 unspecified atom stereocenters. The summed E-state index contributed by atoms with van der Waals surface area (Å²) >= 11 is 6.36. The summed E-state index contributed by atoms with van der Waals surface area (Å²) in [4.78, 5) is 106. The molecule has 0 radical (unpaired) electrons. The average molecular weight is 2170 g/mol. The van der Waals surface area contributed by atoms with Crippen molar-refractivity contribution in [3.8, 4) is 0 Å². The van der Waals surface area contributed by atoms with E-state index < -0.39 is 66.8 Å². The molecule has 3 atom stereocenters. The smallest absolute Gasteiger partial charge is 1.00 e. The number of amides is 2. The van der Waals surface area contributed by atoms with Crippen molar-refractivity contribution in [3.63, 3.8) is 0 Å². The van der Waals surface area contributed by atoms with Crippen molar-refractivity contribution in [2.45, 2.75) is 130 Å². The van der Waals surface area contributed by atoms with E-state index in [1.165, 1.54) is 41.0 Å². The maximum Gasteiger partial charge on any atom is 2.00 e. The molecule has 11 aliphatic heterocycles. The van der Waals surface area contributed by atoms with Gasteiger partial charge in [-0.05, 0) is 234 Å². The third-order valence-corrected chi connectivity index (χ3v) is 25.8. The van der Waals surface area contributed by atoms with E-state index in [2.05, 4.69) is 142 Å². The van der Waals surface area contributed by atoms with E-state index >= 15 is 0 Å². The molecule has 142 heavy (non-hydrogen) atoms. The number of β-amino-alcohol motifs (C(OH)–C–C–N with tert-alkyl or cyclic N) is 7. The number of piperidine rings is 3. The number of Topliss-reactive ketones (excluding diaryl/α,β-unsaturated/α-hetero) is 1. The van der Waals surface area contributed by atoms with Gasteiger partial charge in [0.15, 0.2) is 18.2 Å². The number of aliphatic hydroxyl groups is 7. The van der Waals surface area contributed by atoms with Gasteiger partial charge < -0.3 is 133 Å². The summed E-state index contributed by atoms with van der Waals surface area (Å²) < 4.78 is 12.0. The number of nitro groups is 2. The van der Waals surface area contributed by atoms with Crippen LogP contribution in [0.4, 0.5) is 38.4 Å². The molecule has 0 aliphatic carbocycles. The molecule has 11 saturated heterocycles. The van der Waals surface area contributed by atoms with Crippen LogP contribution in [-0.4, -0.2) is 373 Å². The van der Waals surface area contributed by atoms with Gasteiger partial charge in [0.2, 0.25) is 0 Å². The van der Waals surface area contributed by atoms with Gasteiger partial charge in [-0.1, -0.05) is 36.7 Å². The number of likely N-dealkylation sites (N-methyl/N-ethyl adjacent to an activating group) is 5. The number of nitrogen functional groups attached to an aromatic ring is 1. The standard InChI is InChI=1S/C14H20N4O3.C14H22N4O.C13H18N2O3.C9H18N2O.2C9H12N2O.C8H10N2O.C8H13NO3.C5H3BrN2O2.C5H4BrN.C5H4N.BrH.Mg/c1-16-9-14(19,10-16)11-3-2-6-17(8-11)12-4-5-13(15-7-12)18(20)21;1-17-9-14(19,10-17)11-3-2-6-18(8-11)12-4-5-13(15)16-7-12;1-12(2,3)18-11(16)15-8-13(17,9-15)10-5-4-6-14-7-10;3*1-11-6-9(12,7-11)8-3-2-4-10-5-8;11-8(5-10-6-8)7-2-1-3-9-4-7;1-8(2,3)12-7(11)9-4-6(10)5-9;6-4-1-2-5(7-3-4)8(9)10;6-5-2-1-3-7-4-5;1-2-4-6-5-3-1;;/h4-5,7,11,19H,2-3,6,8-10H2,1H3;4-5,7,11,19H,2-3,6,8-10H2,1H3,(H2,15,16);4-7,17H,8-9H2,1-3H3;8,10,12H,2-7H2,1H3;2*2-5,12H,6-7H2,1H3;1-4,10-11H,5-6H2;4-5H2,1-3H3;1-3H;1-4H;1-2,4-5H;1H;/q;;;;;;;;;;-1;;+2/p-1. The third kappa shape index (κ3) is 36.0. The zero-order valence-corrected chi connectivity index (χ0v) is 88.9. The molecular weight excluding hydrogens is 2030 g/mol. The minimum Gasteiger partial charge on any atom is -1.00 e. The second-order valence-corrected chi connectivity index (χ2v) is 41.3. The number of carbonyl (C=O) groups excluding carboxylic acids is 3. The summed E-state index contributed by atoms with van der Waals surface area (Å²) in [5.41, 5.74) is 5.70. The number of hydrogen-bond acceptors (Lipinski definition) is 35. The zero-order chi connectivity index (χ0) is 102. The fraction of sp³-hybridized carbons (Fsp3) is 0.515. The van der Waals surface area contributed by atoms with Crippen molar-refractivity contribution in [1.29, 1.82) is 0 Å². The first kappa shape index (κ1) is 118. The largest absolute Gasteiger partial charge is 2.00 e. The van der Waals surface area contributed by atoms with Crippen molar-refractivity contribution >= 4 is 102 Å². The average Bonchev–Trinajstić information content (AvgIpc) is 0.773. The number of likely N-dealkylation sites (tertiary alicyclic amines) is 7. The Balaban J connectivity index is 0.000000194. The molecular formula is C99H136Br3MgN23O16. The minimum atomic E-state index is -0.995. The molecule has 11 N–H and O–H groups in total. The number of halogens is 3. The number of nitrogens with two attached hydrogens (primary N) is 1. The number of pyridine rings is 9. The zero-order valence-electron chi connectivity index (χ0n) is 82.8. The van der Waals surface area contributed by atoms with Gasteiger partial charge >= 0.3 is 46.9 Å². The number of nitrogens with zero attached hydrogens (tertiary/aromatic N) is 20. The van der Waals surface area contributed by atoms with Crippen LogP contribution >= 0.6 is 31.9 Å². The van der Waals surface area contributed by atoms with Gasteiger partial charge in [-0.25, -0.2) is 26.7 Å². The molecule has 9 aromatic rings. The number of ether oxygens (including phenoxy) is 2. The first-order valence-corrected chi connectivity index (χ1v) is 48.2. The molecule has 0 bridgehead atoms. The molecule has 11 fully saturated rings. The monoisotopic (exact) mass is 2160 g/mol. The number of hydrogen-bond donors (Lipinski definition) is 10. The summed E-state index contributed by atoms with van der Waals surface area (Å²) in [7, 11) is 10.1. The normalized spacial score (nSPS) is 20.9. The van der Waals surface area contributed by atoms with E-state index in [-0.39, 0.29) is 95.2 Å². The maximum absolute atomic E-state index is 11.7. The van der Waals surface area contributed by atoms with Crippen molar-refractivity contribution in [2.75, 3.05) is 195 Å². The summed E-state index contributed by atoms with van der Waals surface area (Å²) in [6.07, 6.45) is 31.1. The summed E-state index contributed by atoms with van der Waals surface area (Å²) in [6, 6.07) is 35.0. The fourth-order valence-electron chi connectivity index (χ4n) is 17.6. The number of aromatic nitrogens is 9. The van der Waals surface area contributed by atoms with E-state index in [0.29, 0.717) is 56.9 Å². The molecule has 9 aromatic heterocycles. The third-order valence-electron chi connectivity index (χ3n) is 24.8. The Labute approximate surface area is 874 Å². The molecule has 0 spiro atoms. The van der Waals surface area contributed by atoms with Crippen LogP contribution in [0.2, 0.25) is 0 Å². The van der Waals surface area contributed by atoms with Gasteiger partial charge in [-0.3, -0.25) is 44.4 Å². The number of carbonyl (C=O) groups is 3. The Bertz CT molecular complexity index is 5180. The fourth-order valence-corrected chi connectivity index (χ4v) is 18.1. The quantitative estimate of drug-likeness (QED) is 0.0359. The van der Waals surface area contributed by atoms with Crippen molar-refractivity contribution < 1.29 is 86.4 Å². The predicted molar refractivity (Wildman–Crippen MR) is 543 cm³/mol. The van der Waals surface area contributed by atoms with Crippen molar-refractivity contribution in [3.05, 3.63) is 260 Å². The summed E-state index contributed by atoms with van der Waals surface area (Å²) in [6.45, 7) is 26.4. The van der Waals surface area contributed by atoms with E-state index in [9.17, 15) is 70.4 Å². The van der Waals surface area contributed by atoms with Gasteiger partial charge in [-0.2, -0.15) is 6.07 Å². The van der Waals surface area contributed by atoms with E-state index in [1.54, 1.807) is 126 Å². The van der Waals surface area contributed by atoms with Gasteiger partial charge in [-0.15, -0.1) is 0 Å². The first-order valence-electron chi connectivity index (χ1n) is 46.7. The molecule has 0 aromatic carbocycles. The van der Waals surface area contributed by atoms with Crippen LogP contribution in [-0.2, 0) is 36.7 Å². The van der Waals surface area contributed by atoms with Crippen LogP contribution < -0.4 is 43.1 Å². The Kier molecular flexibility index (Phi) is 44.7. The molecule has 39 nitrogen and oxygen atoms in total. The Hall–Kier alpha value is -9.59. The van der Waals surface area contributed by atoms with Crippen molar-refractivity contribution in [1.82, 2.24) is 89.8 Å². The van der Waals surface area contributed by atoms with Crippen LogP contribution in [0.25, 0.3) is 0 Å². The van der Waals surface area contributed by atoms with Crippen LogP contribution in [0.15, 0.2) is 211 Å². The molecule has 20 rings (SSSR count). The van der Waals surface area contributed by atoms with Crippen LogP contribution in [0.1, 0.15) is 102 Å². The topological polar surface area (TPSA) is 493 Å². The summed E-state index contributed by atoms with van der Waals surface area (Å²) in [5, 5.41) is 98.4. The molecule has 0 saturated carbocycles. The Morgan fingerprint density at radius 1 is 0.458 bits per heavy atom. The Morgan fingerprint density at radius 3 is 1.12 bits per heavy atom. The van der Waals surface area contributed by atoms with Gasteiger partial charge in [0, 0.05) is 230 Å². The molecule has 43 heteroatoms. The number of rotatable bonds is 11. The van der Waals surface area contributed by atoms with E-state index in [4.69, 9.17) is 15.2 Å². The number of ketones is 1. The Morgan fingerprint density at radius 2 is 0.831 bits per heavy atom. The van der Waals surface area contributed by atoms with Crippen LogP contribution in [0.3, 0.4) is 0 Å². The van der Waals surface area contributed by atoms with Crippen LogP contribution in [0.5, 0.6) is 0 Å². The number of nitrogens with one attached hydrogen (secondary N) is 2. The molecule has 20 heterocycles. The minimum absolute atomic E-state index is 0. The first-order chi connectivity index (χ1) is 66.3. The van der Waals surface area contributed by atoms with Gasteiger partial charge in [0.1, 0.15) is 39.4 Å².